The molecule has 0 aromatic carbocycles. The summed E-state index contributed by atoms with van der Waals surface area (Å²) < 4.78 is 0. The van der Waals surface area contributed by atoms with Crippen molar-refractivity contribution in [1.82, 2.24) is 5.32 Å². The molecule has 0 saturated carbocycles. The van der Waals surface area contributed by atoms with E-state index in [2.05, 4.69) is 5.32 Å². The molecule has 3 nitrogen and oxygen atoms in total. The van der Waals surface area contributed by atoms with E-state index in [1.54, 1.807) is 5.32 Å². The Bertz CT molecular complexity index is 73.8. The van der Waals surface area contributed by atoms with E-state index in [0.717, 1.165) is 19.5 Å². The lowest BCUT2D eigenvalue weighted by Crippen LogP contribution is -2.92. The molecular weight excluding hydrogens is 92.1 g/mol. The van der Waals surface area contributed by atoms with E-state index < -0.39 is 0 Å². The number of nitrogens with one attached hydrogen (secondary N) is 1. The van der Waals surface area contributed by atoms with Crippen LogP contribution in [-0.2, 0) is 0 Å². The molecule has 40 valence electrons. The van der Waals surface area contributed by atoms with Crippen LogP contribution in [0.2, 0.25) is 0 Å². The molecular formula is C4H9N2O+. The Morgan fingerprint density at radius 3 is 2.86 bits per heavy atom. The maximum atomic E-state index is 10.3. The second kappa shape index (κ2) is 1.93. The maximum absolute atomic E-state index is 10.3. The Kier molecular flexibility index (Phi) is 1.26. The number of carbonyl (C=O) groups is 1. The van der Waals surface area contributed by atoms with Gasteiger partial charge in [0.2, 0.25) is 0 Å². The number of quaternary nitrogens is 1. The Morgan fingerprint density at radius 1 is 1.71 bits per heavy atom. The molecule has 1 aliphatic heterocycles. The van der Waals surface area contributed by atoms with Crippen molar-refractivity contribution >= 4 is 6.03 Å². The van der Waals surface area contributed by atoms with Crippen molar-refractivity contribution in [3.05, 3.63) is 0 Å². The molecule has 0 aliphatic carbocycles. The normalized spacial score (nSPS) is 21.4. The number of hydrogen-bond donors (Lipinski definition) is 2. The predicted molar refractivity (Wildman–Crippen MR) is 24.8 cm³/mol. The predicted octanol–water partition coefficient (Wildman–Crippen LogP) is -1.34. The van der Waals surface area contributed by atoms with Gasteiger partial charge in [-0.3, -0.25) is 5.32 Å². The van der Waals surface area contributed by atoms with E-state index in [1.165, 1.54) is 0 Å². The topological polar surface area (TPSA) is 45.7 Å². The number of hydrogen-bond acceptors (Lipinski definition) is 1. The summed E-state index contributed by atoms with van der Waals surface area (Å²) in [4.78, 5) is 10.3. The molecule has 1 rings (SSSR count). The fraction of sp³-hybridized carbons (Fsp3) is 0.750. The van der Waals surface area contributed by atoms with Gasteiger partial charge in [-0.1, -0.05) is 0 Å². The van der Waals surface area contributed by atoms with Crippen LogP contribution in [0.15, 0.2) is 0 Å². The van der Waals surface area contributed by atoms with Crippen molar-refractivity contribution in [1.29, 1.82) is 0 Å². The van der Waals surface area contributed by atoms with Crippen LogP contribution in [0, 0.1) is 0 Å². The highest BCUT2D eigenvalue weighted by atomic mass is 16.2. The first kappa shape index (κ1) is 4.59. The SMILES string of the molecule is O=C1NCCC[NH2+]1. The monoisotopic (exact) mass is 101 g/mol. The van der Waals surface area contributed by atoms with Gasteiger partial charge in [0.15, 0.2) is 0 Å². The zero-order chi connectivity index (χ0) is 5.11. The third kappa shape index (κ3) is 1.16. The largest absolute Gasteiger partial charge is 0.413 e. The second-order valence-corrected chi connectivity index (χ2v) is 1.64. The third-order valence-electron chi connectivity index (χ3n) is 1.01. The van der Waals surface area contributed by atoms with Crippen LogP contribution in [0.5, 0.6) is 0 Å². The van der Waals surface area contributed by atoms with E-state index in [9.17, 15) is 4.79 Å². The molecule has 7 heavy (non-hydrogen) atoms. The summed E-state index contributed by atoms with van der Waals surface area (Å²) in [5, 5.41) is 4.37. The summed E-state index contributed by atoms with van der Waals surface area (Å²) in [5.74, 6) is 0. The Hall–Kier alpha value is -0.570. The van der Waals surface area contributed by atoms with Crippen LogP contribution >= 0.6 is 0 Å². The lowest BCUT2D eigenvalue weighted by atomic mass is 10.4. The molecule has 3 N–H and O–H groups in total. The average molecular weight is 101 g/mol. The Morgan fingerprint density at radius 2 is 2.57 bits per heavy atom. The first-order valence-corrected chi connectivity index (χ1v) is 2.50. The molecule has 2 amide bonds. The minimum Gasteiger partial charge on any atom is -0.305 e. The fourth-order valence-corrected chi connectivity index (χ4v) is 0.619. The van der Waals surface area contributed by atoms with Crippen LogP contribution in [0.25, 0.3) is 0 Å². The highest BCUT2D eigenvalue weighted by Crippen LogP contribution is 1.71. The Labute approximate surface area is 42.1 Å². The van der Waals surface area contributed by atoms with Gasteiger partial charge in [0, 0.05) is 13.0 Å². The summed E-state index contributed by atoms with van der Waals surface area (Å²) in [6.45, 7) is 1.81. The van der Waals surface area contributed by atoms with Crippen LogP contribution < -0.4 is 10.6 Å². The summed E-state index contributed by atoms with van der Waals surface area (Å²) in [5.41, 5.74) is 0. The number of carbonyl (C=O) groups excluding carboxylic acids is 1. The van der Waals surface area contributed by atoms with Crippen LogP contribution in [-0.4, -0.2) is 19.1 Å². The van der Waals surface area contributed by atoms with Gasteiger partial charge in [0.1, 0.15) is 0 Å². The maximum Gasteiger partial charge on any atom is 0.413 e. The molecule has 1 saturated heterocycles. The molecule has 1 fully saturated rings. The minimum atomic E-state index is 0.0891. The van der Waals surface area contributed by atoms with E-state index in [1.807, 2.05) is 0 Å². The molecule has 0 atom stereocenters. The average Bonchev–Trinajstić information content (AvgIpc) is 1.69. The summed E-state index contributed by atoms with van der Waals surface area (Å²) in [6.07, 6.45) is 1.10. The van der Waals surface area contributed by atoms with Gasteiger partial charge in [-0.25, -0.2) is 4.79 Å². The number of primary amides is 1. The molecule has 0 bridgehead atoms. The molecule has 0 spiro atoms. The lowest BCUT2D eigenvalue weighted by Gasteiger charge is -2.06. The first-order chi connectivity index (χ1) is 3.39. The molecule has 0 radical (unpaired) electrons. The smallest absolute Gasteiger partial charge is 0.305 e. The number of nitrogens with two attached hydrogens (primary N) is 1. The number of amides is 2. The van der Waals surface area contributed by atoms with Crippen molar-refractivity contribution in [3.63, 3.8) is 0 Å². The van der Waals surface area contributed by atoms with E-state index in [-0.39, 0.29) is 6.03 Å². The van der Waals surface area contributed by atoms with Gasteiger partial charge in [-0.2, -0.15) is 0 Å². The van der Waals surface area contributed by atoms with Crippen LogP contribution in [0.1, 0.15) is 6.42 Å². The molecule has 0 unspecified atom stereocenters. The fourth-order valence-electron chi connectivity index (χ4n) is 0.619. The summed E-state index contributed by atoms with van der Waals surface area (Å²) >= 11 is 0. The highest BCUT2D eigenvalue weighted by Gasteiger charge is 2.07. The summed E-state index contributed by atoms with van der Waals surface area (Å²) in [7, 11) is 0. The zero-order valence-corrected chi connectivity index (χ0v) is 4.11. The van der Waals surface area contributed by atoms with Gasteiger partial charge < -0.3 is 5.32 Å². The van der Waals surface area contributed by atoms with Gasteiger partial charge in [-0.15, -0.1) is 0 Å². The second-order valence-electron chi connectivity index (χ2n) is 1.64. The molecule has 1 heterocycles. The first-order valence-electron chi connectivity index (χ1n) is 2.50. The van der Waals surface area contributed by atoms with E-state index >= 15 is 0 Å². The number of rotatable bonds is 0. The third-order valence-corrected chi connectivity index (χ3v) is 1.01. The van der Waals surface area contributed by atoms with Crippen molar-refractivity contribution in [2.24, 2.45) is 0 Å². The standard InChI is InChI=1S/C4H8N2O/c7-4-5-2-1-3-6-4/h1-3H2,(H2,5,6,7)/p+1. The van der Waals surface area contributed by atoms with Gasteiger partial charge in [0.25, 0.3) is 0 Å². The van der Waals surface area contributed by atoms with Crippen molar-refractivity contribution in [2.75, 3.05) is 13.1 Å². The Balaban J connectivity index is 2.25. The van der Waals surface area contributed by atoms with Crippen molar-refractivity contribution in [3.8, 4) is 0 Å². The van der Waals surface area contributed by atoms with E-state index in [0.29, 0.717) is 0 Å². The van der Waals surface area contributed by atoms with Gasteiger partial charge in [-0.05, 0) is 0 Å². The minimum absolute atomic E-state index is 0.0891. The van der Waals surface area contributed by atoms with Crippen LogP contribution in [0.4, 0.5) is 4.79 Å². The summed E-state index contributed by atoms with van der Waals surface area (Å²) in [6, 6.07) is 0.0891. The molecule has 1 aliphatic rings. The highest BCUT2D eigenvalue weighted by molar-refractivity contribution is 5.63. The zero-order valence-electron chi connectivity index (χ0n) is 4.11. The van der Waals surface area contributed by atoms with Gasteiger partial charge >= 0.3 is 6.03 Å². The molecule has 0 aromatic rings. The van der Waals surface area contributed by atoms with E-state index in [4.69, 9.17) is 0 Å². The van der Waals surface area contributed by atoms with Crippen LogP contribution in [0.3, 0.4) is 0 Å². The lowest BCUT2D eigenvalue weighted by molar-refractivity contribution is -0.561. The van der Waals surface area contributed by atoms with Gasteiger partial charge in [0.05, 0.1) is 6.54 Å². The molecule has 0 aromatic heterocycles. The molecule has 3 heteroatoms. The quantitative estimate of drug-likeness (QED) is 0.390. The van der Waals surface area contributed by atoms with Crippen molar-refractivity contribution < 1.29 is 10.1 Å². The van der Waals surface area contributed by atoms with Crippen molar-refractivity contribution in [2.45, 2.75) is 6.42 Å². The number of urea groups is 1.